The van der Waals surface area contributed by atoms with Crippen LogP contribution in [0.2, 0.25) is 0 Å². The molecule has 1 aromatic heterocycles. The number of aromatic nitrogens is 3. The molecule has 1 rings (SSSR count). The van der Waals surface area contributed by atoms with Gasteiger partial charge in [-0.2, -0.15) is 15.0 Å². The minimum Gasteiger partial charge on any atom is -0.461 e. The van der Waals surface area contributed by atoms with E-state index in [0.29, 0.717) is 17.9 Å². The lowest BCUT2D eigenvalue weighted by Crippen LogP contribution is -2.15. The van der Waals surface area contributed by atoms with Crippen molar-refractivity contribution in [2.24, 2.45) is 0 Å². The number of hydrogen-bond donors (Lipinski definition) is 2. The first-order chi connectivity index (χ1) is 9.51. The van der Waals surface area contributed by atoms with Gasteiger partial charge in [0.25, 0.3) is 0 Å². The van der Waals surface area contributed by atoms with Crippen LogP contribution < -0.4 is 15.4 Å². The van der Waals surface area contributed by atoms with E-state index in [1.54, 1.807) is 7.05 Å². The third kappa shape index (κ3) is 6.51. The Morgan fingerprint density at radius 1 is 1.10 bits per heavy atom. The monoisotopic (exact) mass is 282 g/mol. The number of nitrogens with one attached hydrogen (secondary N) is 2. The fraction of sp³-hybridized carbons (Fsp3) is 0.769. The second-order valence-electron chi connectivity index (χ2n) is 5.12. The number of anilines is 2. The molecule has 0 unspecified atom stereocenters. The molecular formula is C13H26N6O. The molecule has 0 radical (unpaired) electrons. The molecule has 0 atom stereocenters. The minimum absolute atomic E-state index is 0.0371. The van der Waals surface area contributed by atoms with Gasteiger partial charge in [0.1, 0.15) is 0 Å². The molecule has 2 N–H and O–H groups in total. The third-order valence-corrected chi connectivity index (χ3v) is 2.49. The highest BCUT2D eigenvalue weighted by Gasteiger charge is 2.07. The van der Waals surface area contributed by atoms with Gasteiger partial charge in [0.05, 0.1) is 6.10 Å². The lowest BCUT2D eigenvalue weighted by Gasteiger charge is -2.12. The maximum atomic E-state index is 5.51. The summed E-state index contributed by atoms with van der Waals surface area (Å²) in [6, 6.07) is 0.343. The highest BCUT2D eigenvalue weighted by Crippen LogP contribution is 2.12. The van der Waals surface area contributed by atoms with E-state index >= 15 is 0 Å². The van der Waals surface area contributed by atoms with Gasteiger partial charge in [-0.3, -0.25) is 0 Å². The summed E-state index contributed by atoms with van der Waals surface area (Å²) in [6.07, 6.45) is 2.24. The van der Waals surface area contributed by atoms with Crippen LogP contribution in [0.1, 0.15) is 26.7 Å². The summed E-state index contributed by atoms with van der Waals surface area (Å²) in [7, 11) is 5.93. The molecule has 0 aromatic carbocycles. The molecule has 0 spiro atoms. The highest BCUT2D eigenvalue weighted by atomic mass is 16.5. The second-order valence-corrected chi connectivity index (χ2v) is 5.12. The summed E-state index contributed by atoms with van der Waals surface area (Å²) >= 11 is 0. The molecule has 7 heteroatoms. The molecule has 0 aliphatic heterocycles. The predicted octanol–water partition coefficient (Wildman–Crippen LogP) is 1.45. The molecule has 1 aromatic rings. The van der Waals surface area contributed by atoms with Crippen molar-refractivity contribution in [1.29, 1.82) is 0 Å². The van der Waals surface area contributed by atoms with Crippen molar-refractivity contribution in [3.63, 3.8) is 0 Å². The average molecular weight is 282 g/mol. The first-order valence-corrected chi connectivity index (χ1v) is 7.00. The lowest BCUT2D eigenvalue weighted by molar-refractivity contribution is 0.222. The Hall–Kier alpha value is -1.63. The third-order valence-electron chi connectivity index (χ3n) is 2.49. The van der Waals surface area contributed by atoms with Gasteiger partial charge in [-0.1, -0.05) is 0 Å². The first-order valence-electron chi connectivity index (χ1n) is 7.00. The number of nitrogens with zero attached hydrogens (tertiary/aromatic N) is 4. The molecular weight excluding hydrogens is 256 g/mol. The van der Waals surface area contributed by atoms with Crippen LogP contribution in [0.3, 0.4) is 0 Å². The number of unbranched alkanes of at least 4 members (excludes halogenated alkanes) is 1. The Kier molecular flexibility index (Phi) is 7.00. The van der Waals surface area contributed by atoms with Crippen molar-refractivity contribution in [3.8, 4) is 6.01 Å². The summed E-state index contributed by atoms with van der Waals surface area (Å²) in [6.45, 7) is 5.80. The molecule has 0 saturated heterocycles. The van der Waals surface area contributed by atoms with E-state index in [1.165, 1.54) is 0 Å². The standard InChI is InChI=1S/C13H26N6O/c1-10(2)20-13-17-11(14-3)16-12(18-13)15-8-6-7-9-19(4)5/h10H,6-9H2,1-5H3,(H2,14,15,16,17,18). The van der Waals surface area contributed by atoms with Gasteiger partial charge < -0.3 is 20.3 Å². The Bertz CT molecular complexity index is 396. The normalized spacial score (nSPS) is 10.9. The quantitative estimate of drug-likeness (QED) is 0.664. The van der Waals surface area contributed by atoms with E-state index in [9.17, 15) is 0 Å². The Labute approximate surface area is 121 Å². The smallest absolute Gasteiger partial charge is 0.323 e. The molecule has 0 aliphatic rings. The molecule has 0 aliphatic carbocycles. The highest BCUT2D eigenvalue weighted by molar-refractivity contribution is 5.35. The van der Waals surface area contributed by atoms with Crippen LogP contribution in [0.5, 0.6) is 6.01 Å². The molecule has 7 nitrogen and oxygen atoms in total. The maximum absolute atomic E-state index is 5.51. The van der Waals surface area contributed by atoms with Crippen molar-refractivity contribution in [2.75, 3.05) is 44.9 Å². The molecule has 20 heavy (non-hydrogen) atoms. The van der Waals surface area contributed by atoms with Gasteiger partial charge in [-0.25, -0.2) is 0 Å². The van der Waals surface area contributed by atoms with Gasteiger partial charge >= 0.3 is 6.01 Å². The van der Waals surface area contributed by atoms with E-state index < -0.39 is 0 Å². The molecule has 0 fully saturated rings. The molecule has 1 heterocycles. The van der Waals surface area contributed by atoms with Crippen LogP contribution in [0, 0.1) is 0 Å². The fourth-order valence-corrected chi connectivity index (χ4v) is 1.56. The zero-order chi connectivity index (χ0) is 15.0. The minimum atomic E-state index is 0.0371. The van der Waals surface area contributed by atoms with Crippen LogP contribution in [-0.4, -0.2) is 60.2 Å². The van der Waals surface area contributed by atoms with Gasteiger partial charge in [0.2, 0.25) is 11.9 Å². The summed E-state index contributed by atoms with van der Waals surface area (Å²) in [5.74, 6) is 1.05. The van der Waals surface area contributed by atoms with Gasteiger partial charge in [0, 0.05) is 13.6 Å². The molecule has 0 saturated carbocycles. The van der Waals surface area contributed by atoms with E-state index in [2.05, 4.69) is 44.6 Å². The topological polar surface area (TPSA) is 75.2 Å². The van der Waals surface area contributed by atoms with Crippen molar-refractivity contribution < 1.29 is 4.74 Å². The van der Waals surface area contributed by atoms with Gasteiger partial charge in [-0.05, 0) is 47.3 Å². The van der Waals surface area contributed by atoms with Crippen molar-refractivity contribution >= 4 is 11.9 Å². The van der Waals surface area contributed by atoms with E-state index in [1.807, 2.05) is 13.8 Å². The zero-order valence-electron chi connectivity index (χ0n) is 13.1. The van der Waals surface area contributed by atoms with Crippen LogP contribution in [0.4, 0.5) is 11.9 Å². The summed E-state index contributed by atoms with van der Waals surface area (Å²) in [5, 5.41) is 6.11. The second kappa shape index (κ2) is 8.52. The average Bonchev–Trinajstić information content (AvgIpc) is 2.36. The number of hydrogen-bond acceptors (Lipinski definition) is 7. The van der Waals surface area contributed by atoms with Crippen molar-refractivity contribution in [1.82, 2.24) is 19.9 Å². The van der Waals surface area contributed by atoms with Crippen LogP contribution in [0.25, 0.3) is 0 Å². The van der Waals surface area contributed by atoms with Gasteiger partial charge in [0.15, 0.2) is 0 Å². The van der Waals surface area contributed by atoms with Crippen molar-refractivity contribution in [2.45, 2.75) is 32.8 Å². The summed E-state index contributed by atoms with van der Waals surface area (Å²) in [4.78, 5) is 14.8. The Balaban J connectivity index is 2.51. The van der Waals surface area contributed by atoms with Crippen molar-refractivity contribution in [3.05, 3.63) is 0 Å². The Morgan fingerprint density at radius 2 is 1.80 bits per heavy atom. The molecule has 114 valence electrons. The number of ether oxygens (including phenoxy) is 1. The first kappa shape index (κ1) is 16.4. The summed E-state index contributed by atoms with van der Waals surface area (Å²) in [5.41, 5.74) is 0. The van der Waals surface area contributed by atoms with Crippen LogP contribution in [0.15, 0.2) is 0 Å². The summed E-state index contributed by atoms with van der Waals surface area (Å²) < 4.78 is 5.51. The fourth-order valence-electron chi connectivity index (χ4n) is 1.56. The van der Waals surface area contributed by atoms with E-state index in [0.717, 1.165) is 25.9 Å². The maximum Gasteiger partial charge on any atom is 0.323 e. The zero-order valence-corrected chi connectivity index (χ0v) is 13.1. The number of rotatable bonds is 9. The molecule has 0 bridgehead atoms. The lowest BCUT2D eigenvalue weighted by atomic mass is 10.3. The van der Waals surface area contributed by atoms with E-state index in [4.69, 9.17) is 4.74 Å². The van der Waals surface area contributed by atoms with Crippen LogP contribution >= 0.6 is 0 Å². The Morgan fingerprint density at radius 3 is 2.40 bits per heavy atom. The largest absolute Gasteiger partial charge is 0.461 e. The molecule has 0 amide bonds. The van der Waals surface area contributed by atoms with Crippen LogP contribution in [-0.2, 0) is 0 Å². The van der Waals surface area contributed by atoms with Gasteiger partial charge in [-0.15, -0.1) is 0 Å². The van der Waals surface area contributed by atoms with E-state index in [-0.39, 0.29) is 6.10 Å². The SMILES string of the molecule is CNc1nc(NCCCCN(C)C)nc(OC(C)C)n1. The predicted molar refractivity (Wildman–Crippen MR) is 81.4 cm³/mol.